The molecule has 1 saturated heterocycles. The van der Waals surface area contributed by atoms with Crippen molar-refractivity contribution in [3.63, 3.8) is 0 Å². The monoisotopic (exact) mass is 407 g/mol. The van der Waals surface area contributed by atoms with Gasteiger partial charge in [0.2, 0.25) is 0 Å². The number of carbonyl (C=O) groups is 1. The SMILES string of the molecule is Cc1cc(F)ccc1OC[C@@H]1[C@H]2CC[C@H](c3nc(C(=O)O)cs3)O[C@H]2C[C@H]1O. The predicted molar refractivity (Wildman–Crippen MR) is 100 cm³/mol. The molecular weight excluding hydrogens is 385 g/mol. The fraction of sp³-hybridized carbons (Fsp3) is 0.500. The number of hydrogen-bond acceptors (Lipinski definition) is 6. The third-order valence-electron chi connectivity index (χ3n) is 5.68. The molecule has 0 spiro atoms. The van der Waals surface area contributed by atoms with E-state index < -0.39 is 12.1 Å². The van der Waals surface area contributed by atoms with Crippen LogP contribution >= 0.6 is 11.3 Å². The van der Waals surface area contributed by atoms with E-state index in [1.165, 1.54) is 28.8 Å². The first-order valence-electron chi connectivity index (χ1n) is 9.33. The van der Waals surface area contributed by atoms with Gasteiger partial charge in [-0.3, -0.25) is 0 Å². The van der Waals surface area contributed by atoms with Gasteiger partial charge in [-0.15, -0.1) is 11.3 Å². The largest absolute Gasteiger partial charge is 0.493 e. The normalized spacial score (nSPS) is 29.5. The van der Waals surface area contributed by atoms with Crippen molar-refractivity contribution in [2.45, 2.75) is 44.5 Å². The molecule has 2 fully saturated rings. The Morgan fingerprint density at radius 1 is 1.43 bits per heavy atom. The molecule has 0 amide bonds. The zero-order chi connectivity index (χ0) is 19.8. The van der Waals surface area contributed by atoms with Crippen LogP contribution in [0.1, 0.15) is 46.4 Å². The molecule has 28 heavy (non-hydrogen) atoms. The Bertz CT molecular complexity index is 872. The highest BCUT2D eigenvalue weighted by Crippen LogP contribution is 2.46. The van der Waals surface area contributed by atoms with E-state index in [0.717, 1.165) is 18.4 Å². The van der Waals surface area contributed by atoms with Gasteiger partial charge in [0.15, 0.2) is 5.69 Å². The van der Waals surface area contributed by atoms with Gasteiger partial charge in [-0.25, -0.2) is 14.2 Å². The summed E-state index contributed by atoms with van der Waals surface area (Å²) in [6.07, 6.45) is 1.24. The number of benzene rings is 1. The van der Waals surface area contributed by atoms with Crippen LogP contribution in [0, 0.1) is 24.6 Å². The van der Waals surface area contributed by atoms with Crippen LogP contribution in [0.15, 0.2) is 23.6 Å². The Kier molecular flexibility index (Phi) is 5.35. The van der Waals surface area contributed by atoms with E-state index in [4.69, 9.17) is 14.6 Å². The fourth-order valence-corrected chi connectivity index (χ4v) is 5.10. The first-order valence-corrected chi connectivity index (χ1v) is 10.2. The maximum atomic E-state index is 13.2. The van der Waals surface area contributed by atoms with Crippen molar-refractivity contribution in [3.05, 3.63) is 45.7 Å². The Balaban J connectivity index is 1.40. The van der Waals surface area contributed by atoms with Crippen LogP contribution in [0.3, 0.4) is 0 Å². The van der Waals surface area contributed by atoms with Crippen molar-refractivity contribution in [1.29, 1.82) is 0 Å². The van der Waals surface area contributed by atoms with Gasteiger partial charge in [-0.2, -0.15) is 0 Å². The summed E-state index contributed by atoms with van der Waals surface area (Å²) in [6.45, 7) is 2.14. The number of carboxylic acid groups (broad SMARTS) is 1. The number of ether oxygens (including phenoxy) is 2. The van der Waals surface area contributed by atoms with Gasteiger partial charge in [0, 0.05) is 17.7 Å². The zero-order valence-corrected chi connectivity index (χ0v) is 16.2. The van der Waals surface area contributed by atoms with E-state index in [0.29, 0.717) is 23.8 Å². The Morgan fingerprint density at radius 2 is 2.25 bits per heavy atom. The first kappa shape index (κ1) is 19.3. The number of aliphatic hydroxyl groups is 1. The molecule has 2 aromatic rings. The number of nitrogens with zero attached hydrogens (tertiary/aromatic N) is 1. The maximum absolute atomic E-state index is 13.2. The molecule has 150 valence electrons. The van der Waals surface area contributed by atoms with Crippen LogP contribution in [0.5, 0.6) is 5.75 Å². The quantitative estimate of drug-likeness (QED) is 0.788. The van der Waals surface area contributed by atoms with Gasteiger partial charge in [0.1, 0.15) is 22.7 Å². The van der Waals surface area contributed by atoms with Crippen LogP contribution < -0.4 is 4.74 Å². The minimum atomic E-state index is -1.04. The summed E-state index contributed by atoms with van der Waals surface area (Å²) in [5, 5.41) is 21.8. The molecule has 8 heteroatoms. The molecule has 1 aliphatic heterocycles. The Labute approximate surface area is 165 Å². The topological polar surface area (TPSA) is 88.9 Å². The van der Waals surface area contributed by atoms with Gasteiger partial charge < -0.3 is 19.7 Å². The van der Waals surface area contributed by atoms with E-state index in [1.54, 1.807) is 13.0 Å². The van der Waals surface area contributed by atoms with E-state index in [2.05, 4.69) is 4.98 Å². The lowest BCUT2D eigenvalue weighted by Gasteiger charge is -2.33. The van der Waals surface area contributed by atoms with Gasteiger partial charge >= 0.3 is 5.97 Å². The highest BCUT2D eigenvalue weighted by Gasteiger charge is 2.47. The summed E-state index contributed by atoms with van der Waals surface area (Å²) >= 11 is 1.30. The van der Waals surface area contributed by atoms with Crippen molar-refractivity contribution in [2.75, 3.05) is 6.61 Å². The lowest BCUT2D eigenvalue weighted by molar-refractivity contribution is -0.0812. The summed E-state index contributed by atoms with van der Waals surface area (Å²) in [5.74, 6) is -0.602. The minimum absolute atomic E-state index is 0.0399. The summed E-state index contributed by atoms with van der Waals surface area (Å²) in [5.41, 5.74) is 0.764. The van der Waals surface area contributed by atoms with Crippen molar-refractivity contribution in [2.24, 2.45) is 11.8 Å². The van der Waals surface area contributed by atoms with Gasteiger partial charge in [-0.05, 0) is 49.4 Å². The van der Waals surface area contributed by atoms with Crippen LogP contribution in [0.2, 0.25) is 0 Å². The van der Waals surface area contributed by atoms with Gasteiger partial charge in [0.05, 0.1) is 18.8 Å². The third-order valence-corrected chi connectivity index (χ3v) is 6.62. The molecule has 1 aliphatic carbocycles. The van der Waals surface area contributed by atoms with Crippen molar-refractivity contribution in [3.8, 4) is 5.75 Å². The van der Waals surface area contributed by atoms with Crippen LogP contribution in [0.4, 0.5) is 4.39 Å². The average molecular weight is 407 g/mol. The van der Waals surface area contributed by atoms with Crippen LogP contribution in [-0.2, 0) is 4.74 Å². The molecule has 0 bridgehead atoms. The number of carboxylic acids is 1. The van der Waals surface area contributed by atoms with E-state index in [-0.39, 0.29) is 35.6 Å². The molecule has 1 saturated carbocycles. The van der Waals surface area contributed by atoms with Crippen LogP contribution in [-0.4, -0.2) is 40.0 Å². The molecule has 4 rings (SSSR count). The molecule has 2 aliphatic rings. The lowest BCUT2D eigenvalue weighted by atomic mass is 9.87. The highest BCUT2D eigenvalue weighted by molar-refractivity contribution is 7.09. The summed E-state index contributed by atoms with van der Waals surface area (Å²) in [6, 6.07) is 4.40. The van der Waals surface area contributed by atoms with Crippen molar-refractivity contribution in [1.82, 2.24) is 4.98 Å². The molecule has 0 unspecified atom stereocenters. The number of fused-ring (bicyclic) bond motifs is 1. The molecule has 5 atom stereocenters. The Hall–Kier alpha value is -2.03. The second-order valence-corrected chi connectivity index (χ2v) is 8.36. The second-order valence-electron chi connectivity index (χ2n) is 7.47. The maximum Gasteiger partial charge on any atom is 0.355 e. The lowest BCUT2D eigenvalue weighted by Crippen LogP contribution is -2.33. The number of aryl methyl sites for hydroxylation is 1. The molecule has 0 radical (unpaired) electrons. The summed E-state index contributed by atoms with van der Waals surface area (Å²) in [7, 11) is 0. The predicted octanol–water partition coefficient (Wildman–Crippen LogP) is 3.58. The minimum Gasteiger partial charge on any atom is -0.493 e. The molecule has 2 heterocycles. The zero-order valence-electron chi connectivity index (χ0n) is 15.4. The van der Waals surface area contributed by atoms with E-state index in [9.17, 15) is 14.3 Å². The highest BCUT2D eigenvalue weighted by atomic mass is 32.1. The molecule has 1 aromatic heterocycles. The first-order chi connectivity index (χ1) is 13.4. The number of aromatic carboxylic acids is 1. The van der Waals surface area contributed by atoms with Crippen molar-refractivity contribution >= 4 is 17.3 Å². The average Bonchev–Trinajstić information content (AvgIpc) is 3.25. The van der Waals surface area contributed by atoms with Gasteiger partial charge in [-0.1, -0.05) is 0 Å². The molecule has 2 N–H and O–H groups in total. The number of aliphatic hydroxyl groups excluding tert-OH is 1. The molecule has 6 nitrogen and oxygen atoms in total. The van der Waals surface area contributed by atoms with E-state index in [1.807, 2.05) is 0 Å². The molecular formula is C20H22FNO5S. The fourth-order valence-electron chi connectivity index (χ4n) is 4.24. The van der Waals surface area contributed by atoms with Crippen molar-refractivity contribution < 1.29 is 28.9 Å². The standard InChI is InChI=1S/C20H22FNO5S/c1-10-6-11(21)2-4-16(10)26-8-13-12-3-5-17(27-18(12)7-15(13)23)19-22-14(9-28-19)20(24)25/h2,4,6,9,12-13,15,17-18,23H,3,5,7-8H2,1H3,(H,24,25)/t12-,13-,15-,17-,18+/m1/s1. The van der Waals surface area contributed by atoms with Gasteiger partial charge in [0.25, 0.3) is 0 Å². The van der Waals surface area contributed by atoms with E-state index >= 15 is 0 Å². The number of aromatic nitrogens is 1. The third kappa shape index (κ3) is 3.76. The number of thiazole rings is 1. The Morgan fingerprint density at radius 3 is 2.96 bits per heavy atom. The summed E-state index contributed by atoms with van der Waals surface area (Å²) < 4.78 is 25.3. The second kappa shape index (κ2) is 7.77. The number of halogens is 1. The molecule has 1 aromatic carbocycles. The number of hydrogen-bond donors (Lipinski definition) is 2. The summed E-state index contributed by atoms with van der Waals surface area (Å²) in [4.78, 5) is 15.2. The number of rotatable bonds is 5. The smallest absolute Gasteiger partial charge is 0.355 e. The van der Waals surface area contributed by atoms with Crippen LogP contribution in [0.25, 0.3) is 0 Å².